The molecular weight excluding hydrogens is 369 g/mol. The Morgan fingerprint density at radius 3 is 2.21 bits per heavy atom. The summed E-state index contributed by atoms with van der Waals surface area (Å²) in [5.74, 6) is 0. The molecule has 2 aliphatic rings. The van der Waals surface area contributed by atoms with E-state index in [1.165, 1.54) is 39.0 Å². The number of carbonyl (C=O) groups excluding carboxylic acids is 1. The highest BCUT2D eigenvalue weighted by atomic mass is 16.7. The van der Waals surface area contributed by atoms with E-state index < -0.39 is 56.0 Å². The quantitative estimate of drug-likeness (QED) is 0.596. The van der Waals surface area contributed by atoms with Crippen molar-refractivity contribution in [3.05, 3.63) is 18.2 Å². The number of anilines is 2. The smallest absolute Gasteiger partial charge is 0.444 e. The van der Waals surface area contributed by atoms with Gasteiger partial charge in [0.15, 0.2) is 0 Å². The predicted molar refractivity (Wildman–Crippen MR) is 117 cm³/mol. The average molecular weight is 411 g/mol. The normalized spacial score (nSPS) is 32.4. The number of nitrogen functional groups attached to an aromatic ring is 1. The van der Waals surface area contributed by atoms with Crippen molar-refractivity contribution >= 4 is 30.0 Å². The van der Waals surface area contributed by atoms with Crippen molar-refractivity contribution in [1.82, 2.24) is 4.90 Å². The minimum atomic E-state index is -3.38. The number of rotatable bonds is 2. The first-order chi connectivity index (χ1) is 16.3. The molecule has 0 radical (unpaired) electrons. The maximum atomic E-state index is 12.9. The van der Waals surface area contributed by atoms with Crippen LogP contribution in [-0.2, 0) is 14.0 Å². The molecular formula is C21H34BN3O4. The summed E-state index contributed by atoms with van der Waals surface area (Å²) in [5.41, 5.74) is 3.70. The van der Waals surface area contributed by atoms with Gasteiger partial charge in [0.05, 0.1) is 22.2 Å². The van der Waals surface area contributed by atoms with Gasteiger partial charge < -0.3 is 29.6 Å². The fourth-order valence-electron chi connectivity index (χ4n) is 2.66. The second-order valence-electron chi connectivity index (χ2n) is 9.00. The van der Waals surface area contributed by atoms with Crippen LogP contribution in [0.4, 0.5) is 16.2 Å². The summed E-state index contributed by atoms with van der Waals surface area (Å²) in [6.07, 6.45) is -1.54. The van der Waals surface area contributed by atoms with E-state index in [4.69, 9.17) is 30.7 Å². The summed E-state index contributed by atoms with van der Waals surface area (Å²) >= 11 is 0. The molecule has 29 heavy (non-hydrogen) atoms. The van der Waals surface area contributed by atoms with Crippen LogP contribution in [0.2, 0.25) is 0 Å². The molecule has 0 atom stereocenters. The van der Waals surface area contributed by atoms with E-state index in [1.807, 2.05) is 27.7 Å². The van der Waals surface area contributed by atoms with Crippen LogP contribution in [0.1, 0.15) is 59.4 Å². The van der Waals surface area contributed by atoms with Gasteiger partial charge in [-0.2, -0.15) is 0 Å². The highest BCUT2D eigenvalue weighted by molar-refractivity contribution is 6.64. The fourth-order valence-corrected chi connectivity index (χ4v) is 2.66. The van der Waals surface area contributed by atoms with Crippen LogP contribution in [0.15, 0.2) is 18.2 Å². The third-order valence-electron chi connectivity index (χ3n) is 4.96. The van der Waals surface area contributed by atoms with E-state index in [9.17, 15) is 4.79 Å². The summed E-state index contributed by atoms with van der Waals surface area (Å²) < 4.78 is 85.7. The first kappa shape index (κ1) is 13.4. The van der Waals surface area contributed by atoms with E-state index in [2.05, 4.69) is 0 Å². The topological polar surface area (TPSA) is 77.3 Å². The Morgan fingerprint density at radius 1 is 1.14 bits per heavy atom. The SMILES string of the molecule is [2H]C1([2H])N(C(=O)OC(C)(C)C)C([2H])([2H])C([2H])([2H])N(c2ccc(N)c(B3OC(C)(C)C(C)(C)O3)c2)C1([2H])[2H]. The van der Waals surface area contributed by atoms with Crippen LogP contribution >= 0.6 is 0 Å². The van der Waals surface area contributed by atoms with Gasteiger partial charge in [-0.1, -0.05) is 0 Å². The second kappa shape index (κ2) is 7.40. The third-order valence-corrected chi connectivity index (χ3v) is 4.96. The van der Waals surface area contributed by atoms with E-state index in [0.29, 0.717) is 4.90 Å². The second-order valence-corrected chi connectivity index (χ2v) is 9.00. The minimum absolute atomic E-state index is 0.145. The van der Waals surface area contributed by atoms with Crippen LogP contribution in [0, 0.1) is 0 Å². The van der Waals surface area contributed by atoms with E-state index >= 15 is 0 Å². The van der Waals surface area contributed by atoms with Gasteiger partial charge in [-0.15, -0.1) is 0 Å². The molecule has 7 nitrogen and oxygen atoms in total. The molecule has 8 heteroatoms. The van der Waals surface area contributed by atoms with E-state index in [1.54, 1.807) is 0 Å². The number of nitrogens with two attached hydrogens (primary N) is 1. The van der Waals surface area contributed by atoms with E-state index in [0.717, 1.165) is 0 Å². The zero-order valence-corrected chi connectivity index (χ0v) is 17.9. The Kier molecular flexibility index (Phi) is 3.42. The molecule has 0 aromatic heterocycles. The number of amides is 1. The lowest BCUT2D eigenvalue weighted by Gasteiger charge is -2.37. The number of nitrogens with zero attached hydrogens (tertiary/aromatic N) is 2. The molecule has 0 aliphatic carbocycles. The molecule has 2 saturated heterocycles. The highest BCUT2D eigenvalue weighted by Crippen LogP contribution is 2.37. The van der Waals surface area contributed by atoms with Gasteiger partial charge in [0, 0.05) is 42.8 Å². The van der Waals surface area contributed by atoms with Crippen molar-refractivity contribution in [3.8, 4) is 0 Å². The Morgan fingerprint density at radius 2 is 1.69 bits per heavy atom. The maximum absolute atomic E-state index is 12.9. The van der Waals surface area contributed by atoms with Crippen LogP contribution in [0.3, 0.4) is 0 Å². The summed E-state index contributed by atoms with van der Waals surface area (Å²) in [4.78, 5) is 13.1. The van der Waals surface area contributed by atoms with Crippen molar-refractivity contribution < 1.29 is 29.8 Å². The monoisotopic (exact) mass is 411 g/mol. The summed E-state index contributed by atoms with van der Waals surface area (Å²) in [7, 11) is -1.00. The van der Waals surface area contributed by atoms with Crippen molar-refractivity contribution in [1.29, 1.82) is 0 Å². The lowest BCUT2D eigenvalue weighted by molar-refractivity contribution is 0.00578. The number of hydrogen-bond acceptors (Lipinski definition) is 6. The predicted octanol–water partition coefficient (Wildman–Crippen LogP) is 2.63. The summed E-state index contributed by atoms with van der Waals surface area (Å²) in [5, 5.41) is 0. The molecule has 1 aromatic carbocycles. The maximum Gasteiger partial charge on any atom is 0.497 e. The molecule has 1 amide bonds. The molecule has 1 aromatic rings. The number of piperazine rings is 1. The van der Waals surface area contributed by atoms with Crippen molar-refractivity contribution in [3.63, 3.8) is 0 Å². The van der Waals surface area contributed by atoms with Crippen molar-refractivity contribution in [2.75, 3.05) is 36.6 Å². The van der Waals surface area contributed by atoms with Crippen LogP contribution in [-0.4, -0.2) is 60.9 Å². The van der Waals surface area contributed by atoms with Gasteiger partial charge in [-0.25, -0.2) is 4.79 Å². The Balaban J connectivity index is 2.16. The summed E-state index contributed by atoms with van der Waals surface area (Å²) in [6, 6.07) is 3.88. The zero-order chi connectivity index (χ0) is 28.8. The fraction of sp³-hybridized carbons (Fsp3) is 0.667. The molecule has 160 valence electrons. The largest absolute Gasteiger partial charge is 0.497 e. The standard InChI is InChI=1S/C21H34BN3O4/c1-19(2,3)27-18(26)25-12-10-24(11-13-25)15-8-9-17(23)16(14-15)22-28-20(4,5)21(6,7)29-22/h8-9,14H,10-13,23H2,1-7H3/i10D2,11D2,12D2,13D2. The van der Waals surface area contributed by atoms with Gasteiger partial charge in [0.1, 0.15) is 5.60 Å². The van der Waals surface area contributed by atoms with Gasteiger partial charge in [0.25, 0.3) is 0 Å². The molecule has 0 spiro atoms. The molecule has 2 N–H and O–H groups in total. The van der Waals surface area contributed by atoms with Gasteiger partial charge in [-0.05, 0) is 66.7 Å². The van der Waals surface area contributed by atoms with E-state index in [-0.39, 0.29) is 21.7 Å². The number of carbonyl (C=O) groups is 1. The first-order valence-electron chi connectivity index (χ1n) is 13.4. The highest BCUT2D eigenvalue weighted by Gasteiger charge is 2.52. The van der Waals surface area contributed by atoms with Crippen LogP contribution in [0.5, 0.6) is 0 Å². The Bertz CT molecular complexity index is 1050. The molecule has 2 aliphatic heterocycles. The lowest BCUT2D eigenvalue weighted by atomic mass is 9.77. The average Bonchev–Trinajstić information content (AvgIpc) is 2.87. The van der Waals surface area contributed by atoms with Gasteiger partial charge in [-0.3, -0.25) is 0 Å². The van der Waals surface area contributed by atoms with Crippen molar-refractivity contribution in [2.45, 2.75) is 65.3 Å². The minimum Gasteiger partial charge on any atom is -0.444 e. The number of hydrogen-bond donors (Lipinski definition) is 1. The molecule has 2 fully saturated rings. The molecule has 2 heterocycles. The number of benzene rings is 1. The van der Waals surface area contributed by atoms with Gasteiger partial charge in [0.2, 0.25) is 0 Å². The zero-order valence-electron chi connectivity index (χ0n) is 25.9. The van der Waals surface area contributed by atoms with Crippen LogP contribution in [0.25, 0.3) is 0 Å². The number of ether oxygens (including phenoxy) is 1. The Hall–Kier alpha value is -1.93. The van der Waals surface area contributed by atoms with Gasteiger partial charge >= 0.3 is 13.2 Å². The summed E-state index contributed by atoms with van der Waals surface area (Å²) in [6.45, 7) is -1.60. The Labute approximate surface area is 185 Å². The van der Waals surface area contributed by atoms with Crippen molar-refractivity contribution in [2.24, 2.45) is 0 Å². The first-order valence-corrected chi connectivity index (χ1v) is 9.40. The third kappa shape index (κ3) is 4.64. The molecule has 3 rings (SSSR count). The molecule has 0 saturated carbocycles. The lowest BCUT2D eigenvalue weighted by Crippen LogP contribution is -2.50. The molecule has 0 unspecified atom stereocenters. The molecule has 0 bridgehead atoms. The van der Waals surface area contributed by atoms with Crippen LogP contribution < -0.4 is 16.1 Å².